The lowest BCUT2D eigenvalue weighted by Crippen LogP contribution is -2.40. The monoisotopic (exact) mass is 321 g/mol. The van der Waals surface area contributed by atoms with Gasteiger partial charge in [-0.25, -0.2) is 4.39 Å². The van der Waals surface area contributed by atoms with Crippen LogP contribution in [0.5, 0.6) is 0 Å². The van der Waals surface area contributed by atoms with Gasteiger partial charge >= 0.3 is 0 Å². The maximum atomic E-state index is 14.0. The predicted octanol–water partition coefficient (Wildman–Crippen LogP) is 3.77. The van der Waals surface area contributed by atoms with Crippen LogP contribution in [0, 0.1) is 5.82 Å². The smallest absolute Gasteiger partial charge is 0.251 e. The molecule has 0 heterocycles. The third-order valence-electron chi connectivity index (χ3n) is 3.59. The molecule has 0 aromatic heterocycles. The van der Waals surface area contributed by atoms with Crippen LogP contribution in [0.25, 0.3) is 0 Å². The summed E-state index contributed by atoms with van der Waals surface area (Å²) in [6, 6.07) is 12.9. The normalized spacial score (nSPS) is 13.5. The standard InChI is InChI=1S/C17H17ClFNO2/c1-17(22-2,14-5-3-4-6-15(14)19)11-20-16(21)12-7-9-13(18)10-8-12/h3-10H,11H2,1-2H3,(H,20,21). The second kappa shape index (κ2) is 6.90. The Kier molecular flexibility index (Phi) is 5.16. The topological polar surface area (TPSA) is 38.3 Å². The van der Waals surface area contributed by atoms with Gasteiger partial charge in [-0.3, -0.25) is 4.79 Å². The van der Waals surface area contributed by atoms with Gasteiger partial charge in [0.1, 0.15) is 11.4 Å². The number of ether oxygens (including phenoxy) is 1. The van der Waals surface area contributed by atoms with Crippen LogP contribution < -0.4 is 5.32 Å². The minimum Gasteiger partial charge on any atom is -0.372 e. The van der Waals surface area contributed by atoms with Gasteiger partial charge in [-0.15, -0.1) is 0 Å². The molecule has 0 saturated carbocycles. The van der Waals surface area contributed by atoms with Crippen molar-refractivity contribution in [3.63, 3.8) is 0 Å². The molecule has 0 aliphatic carbocycles. The van der Waals surface area contributed by atoms with Gasteiger partial charge in [0.15, 0.2) is 0 Å². The Hall–Kier alpha value is -1.91. The first-order chi connectivity index (χ1) is 10.5. The number of hydrogen-bond donors (Lipinski definition) is 1. The number of rotatable bonds is 5. The zero-order valence-electron chi connectivity index (χ0n) is 12.4. The van der Waals surface area contributed by atoms with Crippen molar-refractivity contribution in [2.75, 3.05) is 13.7 Å². The number of benzene rings is 2. The fourth-order valence-electron chi connectivity index (χ4n) is 2.12. The van der Waals surface area contributed by atoms with Gasteiger partial charge in [0.05, 0.1) is 6.54 Å². The second-order valence-electron chi connectivity index (χ2n) is 5.10. The first kappa shape index (κ1) is 16.5. The summed E-state index contributed by atoms with van der Waals surface area (Å²) in [6.07, 6.45) is 0. The molecule has 0 fully saturated rings. The summed E-state index contributed by atoms with van der Waals surface area (Å²) in [4.78, 5) is 12.1. The molecule has 0 aliphatic rings. The lowest BCUT2D eigenvalue weighted by atomic mass is 9.95. The van der Waals surface area contributed by atoms with Crippen molar-refractivity contribution in [3.05, 3.63) is 70.5 Å². The van der Waals surface area contributed by atoms with Crippen LogP contribution in [0.1, 0.15) is 22.8 Å². The van der Waals surface area contributed by atoms with E-state index in [-0.39, 0.29) is 18.3 Å². The van der Waals surface area contributed by atoms with Crippen LogP contribution in [-0.2, 0) is 10.3 Å². The summed E-state index contributed by atoms with van der Waals surface area (Å²) in [5, 5.41) is 3.32. The van der Waals surface area contributed by atoms with Gasteiger partial charge in [-0.1, -0.05) is 29.8 Å². The molecule has 1 atom stereocenters. The average molecular weight is 322 g/mol. The highest BCUT2D eigenvalue weighted by molar-refractivity contribution is 6.30. The van der Waals surface area contributed by atoms with Gasteiger partial charge in [0.2, 0.25) is 0 Å². The Bertz CT molecular complexity index is 660. The van der Waals surface area contributed by atoms with Gasteiger partial charge in [-0.05, 0) is 37.3 Å². The number of halogens is 2. The zero-order chi connectivity index (χ0) is 16.2. The molecule has 0 radical (unpaired) electrons. The van der Waals surface area contributed by atoms with Crippen molar-refractivity contribution < 1.29 is 13.9 Å². The SMILES string of the molecule is COC(C)(CNC(=O)c1ccc(Cl)cc1)c1ccccc1F. The van der Waals surface area contributed by atoms with E-state index >= 15 is 0 Å². The van der Waals surface area contributed by atoms with E-state index < -0.39 is 5.60 Å². The summed E-state index contributed by atoms with van der Waals surface area (Å²) in [7, 11) is 1.49. The van der Waals surface area contributed by atoms with Crippen LogP contribution >= 0.6 is 11.6 Å². The molecule has 2 rings (SSSR count). The molecule has 0 saturated heterocycles. The van der Waals surface area contributed by atoms with E-state index in [1.165, 1.54) is 13.2 Å². The molecule has 1 unspecified atom stereocenters. The number of methoxy groups -OCH3 is 1. The molecule has 2 aromatic carbocycles. The minimum absolute atomic E-state index is 0.145. The minimum atomic E-state index is -0.951. The van der Waals surface area contributed by atoms with E-state index in [1.807, 2.05) is 0 Å². The highest BCUT2D eigenvalue weighted by Gasteiger charge is 2.29. The summed E-state index contributed by atoms with van der Waals surface area (Å²) in [5.41, 5.74) is -0.0711. The van der Waals surface area contributed by atoms with Crippen molar-refractivity contribution in [2.45, 2.75) is 12.5 Å². The van der Waals surface area contributed by atoms with Crippen molar-refractivity contribution in [1.82, 2.24) is 5.32 Å². The highest BCUT2D eigenvalue weighted by Crippen LogP contribution is 2.26. The molecule has 116 valence electrons. The Balaban J connectivity index is 2.12. The highest BCUT2D eigenvalue weighted by atomic mass is 35.5. The molecule has 0 aliphatic heterocycles. The second-order valence-corrected chi connectivity index (χ2v) is 5.54. The van der Waals surface area contributed by atoms with Crippen molar-refractivity contribution in [2.24, 2.45) is 0 Å². The maximum Gasteiger partial charge on any atom is 0.251 e. The van der Waals surface area contributed by atoms with E-state index in [4.69, 9.17) is 16.3 Å². The fourth-order valence-corrected chi connectivity index (χ4v) is 2.25. The van der Waals surface area contributed by atoms with E-state index in [0.717, 1.165) is 0 Å². The number of amides is 1. The molecular formula is C17H17ClFNO2. The van der Waals surface area contributed by atoms with Crippen LogP contribution in [0.3, 0.4) is 0 Å². The molecular weight excluding hydrogens is 305 g/mol. The zero-order valence-corrected chi connectivity index (χ0v) is 13.2. The third-order valence-corrected chi connectivity index (χ3v) is 3.84. The van der Waals surface area contributed by atoms with Crippen LogP contribution in [0.4, 0.5) is 4.39 Å². The van der Waals surface area contributed by atoms with Crippen molar-refractivity contribution >= 4 is 17.5 Å². The van der Waals surface area contributed by atoms with E-state index in [1.54, 1.807) is 49.4 Å². The van der Waals surface area contributed by atoms with Crippen LogP contribution in [0.15, 0.2) is 48.5 Å². The predicted molar refractivity (Wildman–Crippen MR) is 84.5 cm³/mol. The van der Waals surface area contributed by atoms with Crippen LogP contribution in [0.2, 0.25) is 5.02 Å². The van der Waals surface area contributed by atoms with Gasteiger partial charge in [0.25, 0.3) is 5.91 Å². The molecule has 22 heavy (non-hydrogen) atoms. The van der Waals surface area contributed by atoms with E-state index in [0.29, 0.717) is 16.1 Å². The number of hydrogen-bond acceptors (Lipinski definition) is 2. The summed E-state index contributed by atoms with van der Waals surface area (Å²) < 4.78 is 19.4. The summed E-state index contributed by atoms with van der Waals surface area (Å²) in [6.45, 7) is 1.87. The number of nitrogens with one attached hydrogen (secondary N) is 1. The first-order valence-corrected chi connectivity index (χ1v) is 7.18. The molecule has 0 spiro atoms. The Morgan fingerprint density at radius 1 is 1.23 bits per heavy atom. The molecule has 2 aromatic rings. The average Bonchev–Trinajstić information content (AvgIpc) is 2.53. The Morgan fingerprint density at radius 2 is 1.86 bits per heavy atom. The molecule has 5 heteroatoms. The first-order valence-electron chi connectivity index (χ1n) is 6.80. The lowest BCUT2D eigenvalue weighted by Gasteiger charge is -2.29. The fraction of sp³-hybridized carbons (Fsp3) is 0.235. The Labute approximate surface area is 134 Å². The molecule has 0 bridgehead atoms. The molecule has 3 nitrogen and oxygen atoms in total. The maximum absolute atomic E-state index is 14.0. The van der Waals surface area contributed by atoms with Gasteiger partial charge < -0.3 is 10.1 Å². The third kappa shape index (κ3) is 3.64. The van der Waals surface area contributed by atoms with Crippen LogP contribution in [-0.4, -0.2) is 19.6 Å². The number of carbonyl (C=O) groups is 1. The summed E-state index contributed by atoms with van der Waals surface area (Å²) >= 11 is 5.79. The summed E-state index contributed by atoms with van der Waals surface area (Å²) in [5.74, 6) is -0.635. The van der Waals surface area contributed by atoms with Gasteiger partial charge in [0, 0.05) is 23.3 Å². The van der Waals surface area contributed by atoms with E-state index in [2.05, 4.69) is 5.32 Å². The van der Waals surface area contributed by atoms with Crippen molar-refractivity contribution in [1.29, 1.82) is 0 Å². The van der Waals surface area contributed by atoms with E-state index in [9.17, 15) is 9.18 Å². The number of carbonyl (C=O) groups excluding carboxylic acids is 1. The quantitative estimate of drug-likeness (QED) is 0.910. The largest absolute Gasteiger partial charge is 0.372 e. The van der Waals surface area contributed by atoms with Crippen molar-refractivity contribution in [3.8, 4) is 0 Å². The molecule has 1 amide bonds. The lowest BCUT2D eigenvalue weighted by molar-refractivity contribution is 0.000389. The van der Waals surface area contributed by atoms with Gasteiger partial charge in [-0.2, -0.15) is 0 Å². The Morgan fingerprint density at radius 3 is 2.45 bits per heavy atom. The molecule has 1 N–H and O–H groups in total.